The van der Waals surface area contributed by atoms with E-state index in [1.165, 1.54) is 18.2 Å². The zero-order valence-corrected chi connectivity index (χ0v) is 8.50. The summed E-state index contributed by atoms with van der Waals surface area (Å²) in [6.07, 6.45) is -2.92. The molecule has 74 valence electrons. The van der Waals surface area contributed by atoms with Crippen LogP contribution in [0.1, 0.15) is 11.7 Å². The van der Waals surface area contributed by atoms with Crippen LogP contribution in [-0.4, -0.2) is 16.3 Å². The molecule has 0 heterocycles. The van der Waals surface area contributed by atoms with Crippen molar-refractivity contribution in [1.82, 2.24) is 0 Å². The van der Waals surface area contributed by atoms with Crippen molar-refractivity contribution < 1.29 is 10.2 Å². The first-order valence-electron chi connectivity index (χ1n) is 3.77. The minimum Gasteiger partial charge on any atom is -0.384 e. The molecule has 0 spiro atoms. The molecular weight excluding hydrogens is 225 g/mol. The van der Waals surface area contributed by atoms with E-state index < -0.39 is 12.2 Å². The van der Waals surface area contributed by atoms with Crippen LogP contribution in [0.2, 0.25) is 10.0 Å². The zero-order valence-electron chi connectivity index (χ0n) is 6.98. The second kappa shape index (κ2) is 4.63. The minimum atomic E-state index is -1.53. The van der Waals surface area contributed by atoms with Crippen LogP contribution in [0, 0.1) is 11.3 Å². The maximum absolute atomic E-state index is 9.51. The molecule has 1 aromatic carbocycles. The molecule has 14 heavy (non-hydrogen) atoms. The third-order valence-electron chi connectivity index (χ3n) is 1.73. The Kier molecular flexibility index (Phi) is 3.73. The van der Waals surface area contributed by atoms with Gasteiger partial charge in [-0.15, -0.1) is 0 Å². The highest BCUT2D eigenvalue weighted by Gasteiger charge is 2.22. The quantitative estimate of drug-likeness (QED) is 0.765. The summed E-state index contributed by atoms with van der Waals surface area (Å²) in [5, 5.41) is 27.5. The summed E-state index contributed by atoms with van der Waals surface area (Å²) in [6.45, 7) is 0. The first-order chi connectivity index (χ1) is 6.57. The number of benzene rings is 1. The molecule has 3 nitrogen and oxygen atoms in total. The van der Waals surface area contributed by atoms with Gasteiger partial charge in [0.1, 0.15) is 6.10 Å². The molecule has 1 aromatic rings. The maximum Gasteiger partial charge on any atom is 0.170 e. The van der Waals surface area contributed by atoms with Crippen molar-refractivity contribution in [1.29, 1.82) is 5.26 Å². The lowest BCUT2D eigenvalue weighted by Crippen LogP contribution is -2.16. The van der Waals surface area contributed by atoms with Gasteiger partial charge < -0.3 is 10.2 Å². The number of aliphatic hydroxyl groups excluding tert-OH is 2. The Morgan fingerprint density at radius 3 is 2.14 bits per heavy atom. The van der Waals surface area contributed by atoms with Gasteiger partial charge in [-0.25, -0.2) is 0 Å². The molecule has 0 aromatic heterocycles. The van der Waals surface area contributed by atoms with Crippen molar-refractivity contribution in [3.05, 3.63) is 33.8 Å². The zero-order chi connectivity index (χ0) is 10.7. The highest BCUT2D eigenvalue weighted by Crippen LogP contribution is 2.31. The second-order valence-electron chi connectivity index (χ2n) is 2.65. The fraction of sp³-hybridized carbons (Fsp3) is 0.222. The van der Waals surface area contributed by atoms with E-state index in [9.17, 15) is 5.11 Å². The van der Waals surface area contributed by atoms with Gasteiger partial charge in [-0.2, -0.15) is 5.26 Å². The van der Waals surface area contributed by atoms with Crippen LogP contribution in [-0.2, 0) is 0 Å². The summed E-state index contributed by atoms with van der Waals surface area (Å²) in [7, 11) is 0. The Morgan fingerprint density at radius 1 is 1.21 bits per heavy atom. The van der Waals surface area contributed by atoms with Crippen molar-refractivity contribution in [2.24, 2.45) is 0 Å². The smallest absolute Gasteiger partial charge is 0.170 e. The molecule has 5 heteroatoms. The summed E-state index contributed by atoms with van der Waals surface area (Å²) < 4.78 is 0. The maximum atomic E-state index is 9.51. The summed E-state index contributed by atoms with van der Waals surface area (Å²) in [5.74, 6) is 0. The topological polar surface area (TPSA) is 64.2 Å². The fourth-order valence-electron chi connectivity index (χ4n) is 1.02. The van der Waals surface area contributed by atoms with Gasteiger partial charge in [-0.3, -0.25) is 0 Å². The van der Waals surface area contributed by atoms with E-state index in [0.29, 0.717) is 0 Å². The Labute approximate surface area is 91.1 Å². The lowest BCUT2D eigenvalue weighted by atomic mass is 10.1. The molecule has 0 saturated heterocycles. The first kappa shape index (κ1) is 11.3. The van der Waals surface area contributed by atoms with Crippen LogP contribution in [0.3, 0.4) is 0 Å². The van der Waals surface area contributed by atoms with E-state index in [-0.39, 0.29) is 15.6 Å². The highest BCUT2D eigenvalue weighted by molar-refractivity contribution is 6.36. The van der Waals surface area contributed by atoms with Gasteiger partial charge in [0, 0.05) is 15.6 Å². The lowest BCUT2D eigenvalue weighted by molar-refractivity contribution is 0.0529. The van der Waals surface area contributed by atoms with Gasteiger partial charge in [0.2, 0.25) is 0 Å². The predicted octanol–water partition coefficient (Wildman–Crippen LogP) is 1.91. The molecule has 0 aliphatic carbocycles. The average Bonchev–Trinajstić information content (AvgIpc) is 2.16. The first-order valence-corrected chi connectivity index (χ1v) is 4.53. The van der Waals surface area contributed by atoms with Gasteiger partial charge in [0.25, 0.3) is 0 Å². The van der Waals surface area contributed by atoms with Gasteiger partial charge >= 0.3 is 0 Å². The summed E-state index contributed by atoms with van der Waals surface area (Å²) in [5.41, 5.74) is 0.171. The van der Waals surface area contributed by atoms with Gasteiger partial charge in [0.05, 0.1) is 6.07 Å². The van der Waals surface area contributed by atoms with Crippen LogP contribution >= 0.6 is 23.2 Å². The third-order valence-corrected chi connectivity index (χ3v) is 2.39. The van der Waals surface area contributed by atoms with E-state index in [4.69, 9.17) is 33.6 Å². The van der Waals surface area contributed by atoms with E-state index >= 15 is 0 Å². The standard InChI is InChI=1S/C9H7Cl2NO2/c10-5-2-1-3-6(11)8(5)9(14)7(13)4-12/h1-3,7,9,13-14H. The normalized spacial score (nSPS) is 14.5. The SMILES string of the molecule is N#CC(O)C(O)c1c(Cl)cccc1Cl. The Bertz CT molecular complexity index is 355. The van der Waals surface area contributed by atoms with E-state index in [1.807, 2.05) is 0 Å². The van der Waals surface area contributed by atoms with Crippen LogP contribution in [0.25, 0.3) is 0 Å². The monoisotopic (exact) mass is 231 g/mol. The number of nitriles is 1. The average molecular weight is 232 g/mol. The minimum absolute atomic E-state index is 0.171. The molecule has 0 fully saturated rings. The van der Waals surface area contributed by atoms with Crippen LogP contribution in [0.5, 0.6) is 0 Å². The number of hydrogen-bond acceptors (Lipinski definition) is 3. The molecular formula is C9H7Cl2NO2. The number of aliphatic hydroxyl groups is 2. The molecule has 0 amide bonds. The van der Waals surface area contributed by atoms with Crippen molar-refractivity contribution >= 4 is 23.2 Å². The lowest BCUT2D eigenvalue weighted by Gasteiger charge is -2.14. The number of halogens is 2. The second-order valence-corrected chi connectivity index (χ2v) is 3.47. The predicted molar refractivity (Wildman–Crippen MR) is 53.0 cm³/mol. The van der Waals surface area contributed by atoms with Gasteiger partial charge in [-0.1, -0.05) is 29.3 Å². The Morgan fingerprint density at radius 2 is 1.71 bits per heavy atom. The molecule has 0 saturated carbocycles. The van der Waals surface area contributed by atoms with E-state index in [2.05, 4.69) is 0 Å². The largest absolute Gasteiger partial charge is 0.384 e. The molecule has 2 atom stereocenters. The highest BCUT2D eigenvalue weighted by atomic mass is 35.5. The van der Waals surface area contributed by atoms with Crippen molar-refractivity contribution in [2.45, 2.75) is 12.2 Å². The van der Waals surface area contributed by atoms with E-state index in [0.717, 1.165) is 0 Å². The molecule has 0 aliphatic rings. The van der Waals surface area contributed by atoms with Crippen LogP contribution < -0.4 is 0 Å². The molecule has 2 N–H and O–H groups in total. The van der Waals surface area contributed by atoms with Crippen LogP contribution in [0.15, 0.2) is 18.2 Å². The Hall–Kier alpha value is -0.790. The molecule has 0 aliphatic heterocycles. The third kappa shape index (κ3) is 2.17. The molecule has 0 bridgehead atoms. The Balaban J connectivity index is 3.13. The molecule has 2 unspecified atom stereocenters. The molecule has 0 radical (unpaired) electrons. The van der Waals surface area contributed by atoms with Gasteiger partial charge in [-0.05, 0) is 12.1 Å². The fourth-order valence-corrected chi connectivity index (χ4v) is 1.64. The van der Waals surface area contributed by atoms with Crippen molar-refractivity contribution in [2.75, 3.05) is 0 Å². The summed E-state index contributed by atoms with van der Waals surface area (Å²) in [4.78, 5) is 0. The number of nitrogens with zero attached hydrogens (tertiary/aromatic N) is 1. The van der Waals surface area contributed by atoms with E-state index in [1.54, 1.807) is 6.07 Å². The van der Waals surface area contributed by atoms with Crippen LogP contribution in [0.4, 0.5) is 0 Å². The summed E-state index contributed by atoms with van der Waals surface area (Å²) >= 11 is 11.5. The number of hydrogen-bond donors (Lipinski definition) is 2. The number of rotatable bonds is 2. The van der Waals surface area contributed by atoms with Gasteiger partial charge in [0.15, 0.2) is 6.10 Å². The van der Waals surface area contributed by atoms with Crippen molar-refractivity contribution in [3.63, 3.8) is 0 Å². The summed E-state index contributed by atoms with van der Waals surface area (Å²) in [6, 6.07) is 6.16. The molecule has 1 rings (SSSR count). The van der Waals surface area contributed by atoms with Crippen molar-refractivity contribution in [3.8, 4) is 6.07 Å².